The average molecular weight is 628 g/mol. The maximum Gasteiger partial charge on any atom is 0.167 e. The lowest BCUT2D eigenvalue weighted by atomic mass is 9.77. The highest BCUT2D eigenvalue weighted by atomic mass is 31.2. The minimum atomic E-state index is -2.19. The number of nitrogens with one attached hydrogen (secondary N) is 1. The first-order chi connectivity index (χ1) is 21.7. The fraction of sp³-hybridized carbons (Fsp3) is 0.324. The van der Waals surface area contributed by atoms with Crippen molar-refractivity contribution < 1.29 is 23.9 Å². The molecule has 0 unspecified atom stereocenters. The van der Waals surface area contributed by atoms with Crippen molar-refractivity contribution in [3.63, 3.8) is 0 Å². The Labute approximate surface area is 262 Å². The minimum absolute atomic E-state index is 0.203. The molecule has 234 valence electrons. The van der Waals surface area contributed by atoms with Crippen molar-refractivity contribution in [2.24, 2.45) is 0 Å². The highest BCUT2D eigenvalue weighted by molar-refractivity contribution is 7.62. The number of methoxy groups -OCH3 is 2. The number of imidazole rings is 1. The van der Waals surface area contributed by atoms with Crippen LogP contribution in [0.4, 0.5) is 5.82 Å². The van der Waals surface area contributed by atoms with Gasteiger partial charge in [-0.2, -0.15) is 0 Å². The quantitative estimate of drug-likeness (QED) is 0.136. The van der Waals surface area contributed by atoms with E-state index in [4.69, 9.17) is 19.2 Å². The van der Waals surface area contributed by atoms with Crippen LogP contribution < -0.4 is 14.8 Å². The molecular formula is C34H38N5O5P. The average Bonchev–Trinajstić information content (AvgIpc) is 3.66. The van der Waals surface area contributed by atoms with Crippen LogP contribution in [0.15, 0.2) is 91.5 Å². The van der Waals surface area contributed by atoms with Crippen molar-refractivity contribution in [1.29, 1.82) is 0 Å². The normalized spacial score (nSPS) is 18.6. The Kier molecular flexibility index (Phi) is 8.64. The Morgan fingerprint density at radius 2 is 1.51 bits per heavy atom. The topological polar surface area (TPSA) is 121 Å². The molecule has 2 aromatic heterocycles. The first kappa shape index (κ1) is 30.8. The zero-order chi connectivity index (χ0) is 31.6. The molecule has 0 aliphatic carbocycles. The lowest BCUT2D eigenvalue weighted by molar-refractivity contribution is -0.0353. The second kappa shape index (κ2) is 12.6. The Hall–Kier alpha value is -4.24. The van der Waals surface area contributed by atoms with Crippen LogP contribution in [0, 0.1) is 0 Å². The van der Waals surface area contributed by atoms with Crippen molar-refractivity contribution in [1.82, 2.24) is 19.5 Å². The molecule has 0 radical (unpaired) electrons. The van der Waals surface area contributed by atoms with E-state index in [1.54, 1.807) is 38.4 Å². The van der Waals surface area contributed by atoms with E-state index in [-0.39, 0.29) is 6.10 Å². The third-order valence-electron chi connectivity index (χ3n) is 8.35. The Morgan fingerprint density at radius 1 is 0.911 bits per heavy atom. The summed E-state index contributed by atoms with van der Waals surface area (Å²) in [6.07, 6.45) is 3.14. The number of ether oxygens (including phenoxy) is 3. The van der Waals surface area contributed by atoms with Gasteiger partial charge in [-0.1, -0.05) is 54.6 Å². The zero-order valence-electron chi connectivity index (χ0n) is 25.8. The second-order valence-corrected chi connectivity index (χ2v) is 15.4. The molecule has 45 heavy (non-hydrogen) atoms. The van der Waals surface area contributed by atoms with Gasteiger partial charge in [-0.3, -0.25) is 4.57 Å². The predicted octanol–water partition coefficient (Wildman–Crippen LogP) is 5.91. The number of hydrogen-bond acceptors (Lipinski definition) is 9. The van der Waals surface area contributed by atoms with E-state index in [1.165, 1.54) is 6.33 Å². The highest BCUT2D eigenvalue weighted by Crippen LogP contribution is 2.43. The summed E-state index contributed by atoms with van der Waals surface area (Å²) in [5.74, 6) is 2.00. The summed E-state index contributed by atoms with van der Waals surface area (Å²) in [6, 6.07) is 26.1. The first-order valence-electron chi connectivity index (χ1n) is 14.9. The predicted molar refractivity (Wildman–Crippen MR) is 175 cm³/mol. The molecule has 0 amide bonds. The summed E-state index contributed by atoms with van der Waals surface area (Å²) in [6.45, 7) is 3.55. The van der Waals surface area contributed by atoms with Gasteiger partial charge in [-0.25, -0.2) is 15.0 Å². The number of rotatable bonds is 11. The third-order valence-corrected chi connectivity index (χ3v) is 9.68. The van der Waals surface area contributed by atoms with Crippen LogP contribution in [0.25, 0.3) is 11.2 Å². The number of nitrogens with zero attached hydrogens (tertiary/aromatic N) is 4. The maximum absolute atomic E-state index is 12.3. The minimum Gasteiger partial charge on any atom is -0.497 e. The molecule has 6 rings (SSSR count). The molecule has 5 aromatic rings. The molecule has 3 atom stereocenters. The highest BCUT2D eigenvalue weighted by Gasteiger charge is 2.39. The first-order valence-corrected chi connectivity index (χ1v) is 17.7. The van der Waals surface area contributed by atoms with Gasteiger partial charge in [-0.05, 0) is 60.7 Å². The summed E-state index contributed by atoms with van der Waals surface area (Å²) < 4.78 is 31.3. The van der Waals surface area contributed by atoms with Crippen LogP contribution in [-0.4, -0.2) is 70.5 Å². The smallest absolute Gasteiger partial charge is 0.167 e. The Balaban J connectivity index is 1.45. The van der Waals surface area contributed by atoms with Gasteiger partial charge in [-0.15, -0.1) is 0 Å². The van der Waals surface area contributed by atoms with Gasteiger partial charge in [0.1, 0.15) is 29.5 Å². The van der Waals surface area contributed by atoms with Crippen molar-refractivity contribution >= 4 is 24.1 Å². The summed E-state index contributed by atoms with van der Waals surface area (Å²) in [5, 5.41) is 14.8. The van der Waals surface area contributed by atoms with Crippen molar-refractivity contribution in [2.75, 3.05) is 39.0 Å². The van der Waals surface area contributed by atoms with Gasteiger partial charge in [0.05, 0.1) is 33.8 Å². The number of hydrogen-bond donors (Lipinski definition) is 2. The zero-order valence-corrected chi connectivity index (χ0v) is 26.7. The monoisotopic (exact) mass is 627 g/mol. The number of benzene rings is 3. The van der Waals surface area contributed by atoms with E-state index >= 15 is 0 Å². The summed E-state index contributed by atoms with van der Waals surface area (Å²) in [7, 11) is 1.10. The van der Waals surface area contributed by atoms with Gasteiger partial charge in [0.2, 0.25) is 0 Å². The van der Waals surface area contributed by atoms with E-state index < -0.39 is 25.0 Å². The van der Waals surface area contributed by atoms with E-state index in [0.717, 1.165) is 28.2 Å². The number of fused-ring (bicyclic) bond motifs is 1. The molecule has 0 bridgehead atoms. The van der Waals surface area contributed by atoms with Crippen molar-refractivity contribution in [2.45, 2.75) is 36.8 Å². The van der Waals surface area contributed by atoms with E-state index in [2.05, 4.69) is 27.4 Å². The number of aliphatic hydroxyl groups is 1. The molecule has 1 fully saturated rings. The summed E-state index contributed by atoms with van der Waals surface area (Å²) >= 11 is 0. The molecule has 1 aliphatic heterocycles. The van der Waals surface area contributed by atoms with Crippen LogP contribution in [-0.2, 0) is 14.8 Å². The van der Waals surface area contributed by atoms with E-state index in [1.807, 2.05) is 66.7 Å². The molecule has 0 saturated carbocycles. The van der Waals surface area contributed by atoms with Crippen LogP contribution in [0.1, 0.15) is 35.8 Å². The van der Waals surface area contributed by atoms with Crippen molar-refractivity contribution in [3.8, 4) is 11.5 Å². The summed E-state index contributed by atoms with van der Waals surface area (Å²) in [5.41, 5.74) is 3.03. The van der Waals surface area contributed by atoms with Crippen LogP contribution in [0.5, 0.6) is 11.5 Å². The second-order valence-electron chi connectivity index (χ2n) is 11.8. The molecular weight excluding hydrogens is 589 g/mol. The lowest BCUT2D eigenvalue weighted by Crippen LogP contribution is -2.38. The molecule has 1 saturated heterocycles. The maximum atomic E-state index is 12.3. The van der Waals surface area contributed by atoms with Gasteiger partial charge in [0, 0.05) is 12.6 Å². The van der Waals surface area contributed by atoms with Crippen LogP contribution in [0.2, 0.25) is 0 Å². The van der Waals surface area contributed by atoms with Gasteiger partial charge in [0.25, 0.3) is 0 Å². The SMILES string of the molecule is COc1ccc(C(Nc2ncnc3c2ncn3[C@@H]2O[C@H](CCP(C)(C)=O)C[C@H]2O)(c2ccccc2)c2ccc(OC)cc2)cc1. The Bertz CT molecular complexity index is 1740. The lowest BCUT2D eigenvalue weighted by Gasteiger charge is -2.37. The molecule has 1 aliphatic rings. The fourth-order valence-electron chi connectivity index (χ4n) is 6.01. The number of aliphatic hydroxyl groups excluding tert-OH is 1. The molecule has 2 N–H and O–H groups in total. The van der Waals surface area contributed by atoms with E-state index in [0.29, 0.717) is 36.0 Å². The Morgan fingerprint density at radius 3 is 2.09 bits per heavy atom. The largest absolute Gasteiger partial charge is 0.497 e. The fourth-order valence-corrected chi connectivity index (χ4v) is 6.92. The molecule has 10 nitrogen and oxygen atoms in total. The molecule has 11 heteroatoms. The van der Waals surface area contributed by atoms with E-state index in [9.17, 15) is 9.67 Å². The van der Waals surface area contributed by atoms with Gasteiger partial charge in [0.15, 0.2) is 23.2 Å². The molecule has 0 spiro atoms. The number of anilines is 1. The standard InChI is InChI=1S/C34H38N5O5P/c1-42-26-14-10-24(11-15-26)34(23-8-6-5-7-9-23,25-12-16-27(43-2)17-13-25)38-31-30-32(36-21-35-31)39(22-37-30)33-29(40)20-28(44-33)18-19-45(3,4)41/h5-17,21-22,28-29,33,40H,18-20H2,1-4H3,(H,35,36,38)/t28-,29-,33-/m1/s1. The molecule has 3 aromatic carbocycles. The van der Waals surface area contributed by atoms with Gasteiger partial charge >= 0.3 is 0 Å². The molecule has 3 heterocycles. The summed E-state index contributed by atoms with van der Waals surface area (Å²) in [4.78, 5) is 14.0. The van der Waals surface area contributed by atoms with Gasteiger partial charge < -0.3 is 29.2 Å². The number of aromatic nitrogens is 4. The van der Waals surface area contributed by atoms with Crippen LogP contribution in [0.3, 0.4) is 0 Å². The third kappa shape index (κ3) is 6.18. The van der Waals surface area contributed by atoms with Crippen molar-refractivity contribution in [3.05, 3.63) is 108 Å². The van der Waals surface area contributed by atoms with Crippen LogP contribution >= 0.6 is 7.14 Å².